The number of benzene rings is 1. The second kappa shape index (κ2) is 16.9. The molecule has 2 aliphatic rings. The van der Waals surface area contributed by atoms with Gasteiger partial charge in [-0.2, -0.15) is 0 Å². The number of imidazole rings is 2. The largest absolute Gasteiger partial charge is 0.453 e. The van der Waals surface area contributed by atoms with Crippen molar-refractivity contribution < 1.29 is 28.7 Å². The Labute approximate surface area is 346 Å². The van der Waals surface area contributed by atoms with E-state index >= 15 is 0 Å². The molecule has 2 saturated heterocycles. The molecule has 2 fully saturated rings. The molecule has 0 aliphatic carbocycles. The molecule has 16 heteroatoms. The van der Waals surface area contributed by atoms with E-state index in [1.807, 2.05) is 43.7 Å². The molecule has 5 aromatic rings. The van der Waals surface area contributed by atoms with Crippen LogP contribution in [0.25, 0.3) is 41.8 Å². The summed E-state index contributed by atoms with van der Waals surface area (Å²) in [5.74, 6) is 1.58. The molecule has 308 valence electrons. The van der Waals surface area contributed by atoms with Crippen molar-refractivity contribution in [2.45, 2.75) is 78.6 Å². The van der Waals surface area contributed by atoms with Gasteiger partial charge in [0.1, 0.15) is 28.6 Å². The van der Waals surface area contributed by atoms with Crippen LogP contribution in [0.5, 0.6) is 0 Å². The van der Waals surface area contributed by atoms with E-state index in [9.17, 15) is 19.2 Å². The number of H-pyrrole nitrogens is 2. The van der Waals surface area contributed by atoms with Gasteiger partial charge < -0.3 is 39.9 Å². The van der Waals surface area contributed by atoms with E-state index in [0.29, 0.717) is 19.0 Å². The zero-order valence-corrected chi connectivity index (χ0v) is 35.8. The van der Waals surface area contributed by atoms with Gasteiger partial charge >= 0.3 is 12.2 Å². The third-order valence-electron chi connectivity index (χ3n) is 11.1. The number of methoxy groups -OCH3 is 2. The second-order valence-electron chi connectivity index (χ2n) is 16.3. The van der Waals surface area contributed by atoms with E-state index in [0.717, 1.165) is 66.3 Å². The van der Waals surface area contributed by atoms with Gasteiger partial charge in [0.25, 0.3) is 0 Å². The first-order valence-electron chi connectivity index (χ1n) is 19.8. The lowest BCUT2D eigenvalue weighted by Crippen LogP contribution is -2.51. The summed E-state index contributed by atoms with van der Waals surface area (Å²) in [6.45, 7) is 13.1. The number of aromatic amines is 2. The number of likely N-dealkylation sites (tertiary alicyclic amines) is 2. The molecular weight excluding hydrogens is 777 g/mol. The summed E-state index contributed by atoms with van der Waals surface area (Å²) >= 11 is 3.28. The first-order valence-corrected chi connectivity index (χ1v) is 21.4. The van der Waals surface area contributed by atoms with Crippen molar-refractivity contribution >= 4 is 57.0 Å². The minimum atomic E-state index is -0.696. The Hall–Kier alpha value is -5.22. The van der Waals surface area contributed by atoms with E-state index in [1.165, 1.54) is 14.2 Å². The van der Waals surface area contributed by atoms with Crippen LogP contribution in [0.2, 0.25) is 0 Å². The van der Waals surface area contributed by atoms with Crippen LogP contribution >= 0.6 is 22.7 Å². The Morgan fingerprint density at radius 3 is 1.76 bits per heavy atom. The van der Waals surface area contributed by atoms with Gasteiger partial charge in [0.15, 0.2) is 0 Å². The van der Waals surface area contributed by atoms with Crippen molar-refractivity contribution in [1.29, 1.82) is 0 Å². The molecule has 0 radical (unpaired) electrons. The zero-order chi connectivity index (χ0) is 41.4. The van der Waals surface area contributed by atoms with E-state index in [4.69, 9.17) is 19.4 Å². The molecule has 6 atom stereocenters. The van der Waals surface area contributed by atoms with Crippen LogP contribution in [0.15, 0.2) is 48.7 Å². The van der Waals surface area contributed by atoms with Gasteiger partial charge in [0.05, 0.1) is 48.6 Å². The molecule has 4 N–H and O–H groups in total. The number of alkyl carbamates (subject to hydrolysis) is 2. The molecule has 0 spiro atoms. The van der Waals surface area contributed by atoms with Crippen LogP contribution in [-0.4, -0.2) is 93.1 Å². The first kappa shape index (κ1) is 41.0. The Morgan fingerprint density at radius 2 is 1.24 bits per heavy atom. The van der Waals surface area contributed by atoms with Gasteiger partial charge in [-0.3, -0.25) is 9.59 Å². The SMILES string of the molecule is COC(=O)N[C@H](C(=O)N1C[C@@H](C)CC1c1ncc(-c2ccc(-c3ccc(-c4cc5[nH]c([C@@H]6C[C@H](C)CN6C(=O)[C@@H](NC(=O)OC)C(C)C)nc5s4)cc3)s2)[nH]1)C(C)C. The highest BCUT2D eigenvalue weighted by Crippen LogP contribution is 2.41. The van der Waals surface area contributed by atoms with Gasteiger partial charge in [-0.05, 0) is 65.8 Å². The Balaban J connectivity index is 1.03. The minimum absolute atomic E-state index is 0.107. The number of aromatic nitrogens is 4. The van der Waals surface area contributed by atoms with Crippen molar-refractivity contribution in [3.05, 3.63) is 60.3 Å². The van der Waals surface area contributed by atoms with Crippen LogP contribution < -0.4 is 10.6 Å². The quantitative estimate of drug-likeness (QED) is 0.104. The average Bonchev–Trinajstić information content (AvgIpc) is 4.05. The lowest BCUT2D eigenvalue weighted by Gasteiger charge is -2.30. The average molecular weight is 829 g/mol. The maximum Gasteiger partial charge on any atom is 0.407 e. The summed E-state index contributed by atoms with van der Waals surface area (Å²) in [6, 6.07) is 13.0. The molecule has 58 heavy (non-hydrogen) atoms. The molecule has 1 aromatic carbocycles. The number of carbonyl (C=O) groups excluding carboxylic acids is 4. The standard InChI is InChI=1S/C42H52N8O6S2/c1-21(2)34(46-41(53)55-7)39(51)49-19-23(5)15-29(49)36-43-18-28(45-36)32-14-13-31(57-32)25-9-11-26(12-10-25)33-17-27-38(58-33)48-37(44-27)30-16-24(6)20-50(30)40(52)35(22(3)4)47-42(54)56-8/h9-14,17-18,21-24,29-30,34-35H,15-16,19-20H2,1-8H3,(H,43,45)(H,44,48)(H,46,53)(H,47,54)/t23-,24-,29?,30-,34-,35-/m0/s1. The fraction of sp³-hybridized carbons (Fsp3) is 0.476. The summed E-state index contributed by atoms with van der Waals surface area (Å²) in [6.07, 6.45) is 2.15. The van der Waals surface area contributed by atoms with Gasteiger partial charge in [-0.15, -0.1) is 22.7 Å². The number of fused-ring (bicyclic) bond motifs is 1. The molecule has 6 heterocycles. The van der Waals surface area contributed by atoms with E-state index < -0.39 is 24.3 Å². The number of nitrogens with one attached hydrogen (secondary N) is 4. The van der Waals surface area contributed by atoms with Crippen molar-refractivity contribution in [1.82, 2.24) is 40.4 Å². The number of rotatable bonds is 11. The van der Waals surface area contributed by atoms with Crippen LogP contribution in [-0.2, 0) is 19.1 Å². The monoisotopic (exact) mass is 828 g/mol. The molecule has 14 nitrogen and oxygen atoms in total. The number of ether oxygens (including phenoxy) is 2. The zero-order valence-electron chi connectivity index (χ0n) is 34.1. The fourth-order valence-corrected chi connectivity index (χ4v) is 10.0. The van der Waals surface area contributed by atoms with Gasteiger partial charge in [-0.1, -0.05) is 65.8 Å². The minimum Gasteiger partial charge on any atom is -0.453 e. The highest BCUT2D eigenvalue weighted by molar-refractivity contribution is 7.21. The second-order valence-corrected chi connectivity index (χ2v) is 18.4. The van der Waals surface area contributed by atoms with E-state index in [1.54, 1.807) is 22.7 Å². The molecule has 4 aromatic heterocycles. The van der Waals surface area contributed by atoms with E-state index in [-0.39, 0.29) is 41.7 Å². The Kier molecular flexibility index (Phi) is 12.0. The number of thiophene rings is 2. The predicted molar refractivity (Wildman–Crippen MR) is 225 cm³/mol. The third kappa shape index (κ3) is 8.35. The van der Waals surface area contributed by atoms with Crippen LogP contribution in [0.1, 0.15) is 78.1 Å². The summed E-state index contributed by atoms with van der Waals surface area (Å²) in [5.41, 5.74) is 4.00. The number of hydrogen-bond acceptors (Lipinski definition) is 10. The smallest absolute Gasteiger partial charge is 0.407 e. The summed E-state index contributed by atoms with van der Waals surface area (Å²) in [7, 11) is 2.59. The number of hydrogen-bond donors (Lipinski definition) is 4. The fourth-order valence-electron chi connectivity index (χ4n) is 8.05. The third-order valence-corrected chi connectivity index (χ3v) is 13.4. The maximum atomic E-state index is 13.7. The highest BCUT2D eigenvalue weighted by atomic mass is 32.1. The Bertz CT molecular complexity index is 2240. The summed E-state index contributed by atoms with van der Waals surface area (Å²) in [4.78, 5) is 76.0. The number of carbonyl (C=O) groups is 4. The van der Waals surface area contributed by atoms with Crippen molar-refractivity contribution in [3.8, 4) is 31.5 Å². The molecule has 7 rings (SSSR count). The topological polar surface area (TPSA) is 175 Å². The number of amides is 4. The van der Waals surface area contributed by atoms with Crippen molar-refractivity contribution in [3.63, 3.8) is 0 Å². The molecule has 2 aliphatic heterocycles. The lowest BCUT2D eigenvalue weighted by atomic mass is 10.0. The molecule has 0 saturated carbocycles. The van der Waals surface area contributed by atoms with E-state index in [2.05, 4.69) is 76.9 Å². The van der Waals surface area contributed by atoms with Gasteiger partial charge in [-0.25, -0.2) is 19.6 Å². The highest BCUT2D eigenvalue weighted by Gasteiger charge is 2.41. The van der Waals surface area contributed by atoms with Crippen molar-refractivity contribution in [2.75, 3.05) is 27.3 Å². The molecular formula is C42H52N8O6S2. The molecule has 1 unspecified atom stereocenters. The van der Waals surface area contributed by atoms with Gasteiger partial charge in [0.2, 0.25) is 11.8 Å². The molecule has 0 bridgehead atoms. The van der Waals surface area contributed by atoms with Gasteiger partial charge in [0, 0.05) is 22.8 Å². The maximum absolute atomic E-state index is 13.7. The van der Waals surface area contributed by atoms with Crippen molar-refractivity contribution in [2.24, 2.45) is 23.7 Å². The van der Waals surface area contributed by atoms with Crippen LogP contribution in [0.4, 0.5) is 9.59 Å². The number of nitrogens with zero attached hydrogens (tertiary/aromatic N) is 4. The molecule has 4 amide bonds. The lowest BCUT2D eigenvalue weighted by molar-refractivity contribution is -0.136. The van der Waals surface area contributed by atoms with Crippen LogP contribution in [0.3, 0.4) is 0 Å². The first-order chi connectivity index (χ1) is 27.7. The predicted octanol–water partition coefficient (Wildman–Crippen LogP) is 7.99. The summed E-state index contributed by atoms with van der Waals surface area (Å²) in [5, 5.41) is 5.44. The van der Waals surface area contributed by atoms with Crippen LogP contribution in [0, 0.1) is 23.7 Å². The summed E-state index contributed by atoms with van der Waals surface area (Å²) < 4.78 is 9.57. The Morgan fingerprint density at radius 1 is 0.724 bits per heavy atom. The normalized spacial score (nSPS) is 20.5.